The maximum absolute atomic E-state index is 11.7. The number of imidazole rings is 1. The molecule has 0 saturated heterocycles. The van der Waals surface area contributed by atoms with E-state index in [0.717, 1.165) is 0 Å². The Labute approximate surface area is 109 Å². The third-order valence-corrected chi connectivity index (χ3v) is 2.61. The summed E-state index contributed by atoms with van der Waals surface area (Å²) >= 11 is 0. The molecule has 7 nitrogen and oxygen atoms in total. The summed E-state index contributed by atoms with van der Waals surface area (Å²) in [4.78, 5) is 26.4. The van der Waals surface area contributed by atoms with Gasteiger partial charge in [-0.15, -0.1) is 0 Å². The fourth-order valence-corrected chi connectivity index (χ4v) is 1.70. The molecule has 0 spiro atoms. The number of nitrogens with zero attached hydrogens (tertiary/aromatic N) is 3. The molecule has 2 heterocycles. The molecule has 2 N–H and O–H groups in total. The Morgan fingerprint density at radius 1 is 1.37 bits per heavy atom. The summed E-state index contributed by atoms with van der Waals surface area (Å²) in [6.07, 6.45) is 6.71. The lowest BCUT2D eigenvalue weighted by molar-refractivity contribution is -0.121. The van der Waals surface area contributed by atoms with E-state index in [0.29, 0.717) is 13.1 Å². The number of hydrogen-bond acceptors (Lipinski definition) is 3. The minimum absolute atomic E-state index is 0.00143. The van der Waals surface area contributed by atoms with Gasteiger partial charge >= 0.3 is 5.97 Å². The molecule has 0 radical (unpaired) electrons. The van der Waals surface area contributed by atoms with Crippen LogP contribution in [-0.4, -0.2) is 37.6 Å². The van der Waals surface area contributed by atoms with Gasteiger partial charge in [0.05, 0.1) is 6.33 Å². The van der Waals surface area contributed by atoms with E-state index in [9.17, 15) is 9.59 Å². The van der Waals surface area contributed by atoms with Crippen LogP contribution in [0.3, 0.4) is 0 Å². The van der Waals surface area contributed by atoms with E-state index in [1.54, 1.807) is 31.0 Å². The molecule has 2 rings (SSSR count). The summed E-state index contributed by atoms with van der Waals surface area (Å²) in [5, 5.41) is 11.6. The molecule has 0 unspecified atom stereocenters. The van der Waals surface area contributed by atoms with Crippen molar-refractivity contribution in [3.8, 4) is 0 Å². The van der Waals surface area contributed by atoms with E-state index in [4.69, 9.17) is 5.11 Å². The first kappa shape index (κ1) is 12.9. The average Bonchev–Trinajstić information content (AvgIpc) is 2.99. The average molecular weight is 262 g/mol. The third kappa shape index (κ3) is 3.44. The highest BCUT2D eigenvalue weighted by Crippen LogP contribution is 2.01. The van der Waals surface area contributed by atoms with Crippen LogP contribution < -0.4 is 5.32 Å². The first-order chi connectivity index (χ1) is 9.16. The van der Waals surface area contributed by atoms with Crippen molar-refractivity contribution >= 4 is 11.9 Å². The van der Waals surface area contributed by atoms with Gasteiger partial charge in [-0.3, -0.25) is 4.79 Å². The largest absolute Gasteiger partial charge is 0.477 e. The standard InChI is InChI=1S/C12H14N4O3/c17-11(14-4-7-15-6-3-13-9-15)8-16-5-1-2-10(16)12(18)19/h1-3,5-6,9H,4,7-8H2,(H,14,17)(H,18,19). The number of amides is 1. The van der Waals surface area contributed by atoms with E-state index >= 15 is 0 Å². The summed E-state index contributed by atoms with van der Waals surface area (Å²) < 4.78 is 3.24. The molecule has 100 valence electrons. The van der Waals surface area contributed by atoms with Crippen molar-refractivity contribution in [1.29, 1.82) is 0 Å². The van der Waals surface area contributed by atoms with Gasteiger partial charge in [-0.25, -0.2) is 9.78 Å². The quantitative estimate of drug-likeness (QED) is 0.778. The fourth-order valence-electron chi connectivity index (χ4n) is 1.70. The SMILES string of the molecule is O=C(Cn1cccc1C(=O)O)NCCn1ccnc1. The molecule has 0 atom stereocenters. The number of aromatic carboxylic acids is 1. The van der Waals surface area contributed by atoms with Crippen LogP contribution in [0.2, 0.25) is 0 Å². The first-order valence-corrected chi connectivity index (χ1v) is 5.77. The molecular weight excluding hydrogens is 248 g/mol. The predicted molar refractivity (Wildman–Crippen MR) is 66.6 cm³/mol. The van der Waals surface area contributed by atoms with Crippen LogP contribution in [0.1, 0.15) is 10.5 Å². The molecule has 0 aliphatic rings. The lowest BCUT2D eigenvalue weighted by Crippen LogP contribution is -2.30. The van der Waals surface area contributed by atoms with Gasteiger partial charge in [0.15, 0.2) is 0 Å². The zero-order valence-electron chi connectivity index (χ0n) is 10.2. The molecule has 0 aliphatic heterocycles. The predicted octanol–water partition coefficient (Wildman–Crippen LogP) is 0.199. The van der Waals surface area contributed by atoms with Crippen molar-refractivity contribution < 1.29 is 14.7 Å². The summed E-state index contributed by atoms with van der Waals surface area (Å²) in [6, 6.07) is 3.06. The van der Waals surface area contributed by atoms with Crippen LogP contribution in [0, 0.1) is 0 Å². The minimum Gasteiger partial charge on any atom is -0.477 e. The molecule has 0 aromatic carbocycles. The number of carbonyl (C=O) groups excluding carboxylic acids is 1. The Morgan fingerprint density at radius 3 is 2.89 bits per heavy atom. The number of carbonyl (C=O) groups is 2. The number of aromatic nitrogens is 3. The van der Waals surface area contributed by atoms with Gasteiger partial charge < -0.3 is 19.6 Å². The Morgan fingerprint density at radius 2 is 2.21 bits per heavy atom. The smallest absolute Gasteiger partial charge is 0.352 e. The maximum atomic E-state index is 11.7. The second-order valence-electron chi connectivity index (χ2n) is 3.98. The van der Waals surface area contributed by atoms with E-state index < -0.39 is 5.97 Å². The summed E-state index contributed by atoms with van der Waals surface area (Å²) in [7, 11) is 0. The molecule has 1 amide bonds. The molecule has 19 heavy (non-hydrogen) atoms. The van der Waals surface area contributed by atoms with Crippen molar-refractivity contribution in [2.45, 2.75) is 13.1 Å². The van der Waals surface area contributed by atoms with Gasteiger partial charge in [0.25, 0.3) is 0 Å². The van der Waals surface area contributed by atoms with Crippen molar-refractivity contribution in [1.82, 2.24) is 19.4 Å². The number of carboxylic acids is 1. The Balaban J connectivity index is 1.81. The van der Waals surface area contributed by atoms with Crippen molar-refractivity contribution in [3.63, 3.8) is 0 Å². The molecule has 2 aromatic heterocycles. The normalized spacial score (nSPS) is 10.3. The van der Waals surface area contributed by atoms with Gasteiger partial charge in [-0.2, -0.15) is 0 Å². The van der Waals surface area contributed by atoms with E-state index in [1.165, 1.54) is 10.6 Å². The highest BCUT2D eigenvalue weighted by atomic mass is 16.4. The number of nitrogens with one attached hydrogen (secondary N) is 1. The second kappa shape index (κ2) is 5.85. The molecular formula is C12H14N4O3. The first-order valence-electron chi connectivity index (χ1n) is 5.77. The highest BCUT2D eigenvalue weighted by molar-refractivity contribution is 5.86. The van der Waals surface area contributed by atoms with Crippen molar-refractivity contribution in [2.75, 3.05) is 6.54 Å². The van der Waals surface area contributed by atoms with Gasteiger partial charge in [0, 0.05) is 31.7 Å². The topological polar surface area (TPSA) is 89.1 Å². The molecule has 7 heteroatoms. The molecule has 2 aromatic rings. The third-order valence-electron chi connectivity index (χ3n) is 2.61. The zero-order valence-corrected chi connectivity index (χ0v) is 10.2. The van der Waals surface area contributed by atoms with Gasteiger partial charge in [0.2, 0.25) is 5.91 Å². The highest BCUT2D eigenvalue weighted by Gasteiger charge is 2.11. The monoisotopic (exact) mass is 262 g/mol. The van der Waals surface area contributed by atoms with E-state index in [2.05, 4.69) is 10.3 Å². The molecule has 0 bridgehead atoms. The Bertz CT molecular complexity index is 559. The zero-order chi connectivity index (χ0) is 13.7. The van der Waals surface area contributed by atoms with E-state index in [1.807, 2.05) is 4.57 Å². The van der Waals surface area contributed by atoms with Crippen molar-refractivity contribution in [2.24, 2.45) is 0 Å². The Kier molecular flexibility index (Phi) is 3.97. The summed E-state index contributed by atoms with van der Waals surface area (Å²) in [6.45, 7) is 1.10. The molecule has 0 saturated carbocycles. The van der Waals surface area contributed by atoms with Crippen LogP contribution in [0.4, 0.5) is 0 Å². The molecule has 0 aliphatic carbocycles. The van der Waals surface area contributed by atoms with Crippen LogP contribution in [0.5, 0.6) is 0 Å². The van der Waals surface area contributed by atoms with Crippen molar-refractivity contribution in [3.05, 3.63) is 42.7 Å². The number of hydrogen-bond donors (Lipinski definition) is 2. The van der Waals surface area contributed by atoms with Crippen LogP contribution in [0.15, 0.2) is 37.1 Å². The second-order valence-corrected chi connectivity index (χ2v) is 3.98. The fraction of sp³-hybridized carbons (Fsp3) is 0.250. The minimum atomic E-state index is -1.05. The summed E-state index contributed by atoms with van der Waals surface area (Å²) in [5.74, 6) is -1.27. The van der Waals surface area contributed by atoms with Gasteiger partial charge in [-0.1, -0.05) is 0 Å². The van der Waals surface area contributed by atoms with Crippen LogP contribution in [0.25, 0.3) is 0 Å². The lowest BCUT2D eigenvalue weighted by Gasteiger charge is -2.08. The number of carboxylic acid groups (broad SMARTS) is 1. The van der Waals surface area contributed by atoms with Crippen LogP contribution in [-0.2, 0) is 17.9 Å². The summed E-state index contributed by atoms with van der Waals surface area (Å²) in [5.41, 5.74) is 0.102. The number of rotatable bonds is 6. The van der Waals surface area contributed by atoms with Gasteiger partial charge in [-0.05, 0) is 12.1 Å². The Hall–Kier alpha value is -2.57. The van der Waals surface area contributed by atoms with E-state index in [-0.39, 0.29) is 18.1 Å². The van der Waals surface area contributed by atoms with Crippen LogP contribution >= 0.6 is 0 Å². The molecule has 0 fully saturated rings. The maximum Gasteiger partial charge on any atom is 0.352 e. The van der Waals surface area contributed by atoms with Gasteiger partial charge in [0.1, 0.15) is 12.2 Å². The lowest BCUT2D eigenvalue weighted by atomic mass is 10.4.